The molecule has 5 heteroatoms. The first-order valence-corrected chi connectivity index (χ1v) is 9.65. The summed E-state index contributed by atoms with van der Waals surface area (Å²) in [5.74, 6) is 0.423. The monoisotopic (exact) mass is 376 g/mol. The maximum absolute atomic E-state index is 13.9. The summed E-state index contributed by atoms with van der Waals surface area (Å²) < 4.78 is 19.8. The molecule has 0 spiro atoms. The lowest BCUT2D eigenvalue weighted by Crippen LogP contribution is -2.37. The number of nitrogens with zero attached hydrogens (tertiary/aromatic N) is 1. The summed E-state index contributed by atoms with van der Waals surface area (Å²) in [5, 5.41) is 3.94. The van der Waals surface area contributed by atoms with E-state index in [-0.39, 0.29) is 12.4 Å². The van der Waals surface area contributed by atoms with Crippen LogP contribution in [0.15, 0.2) is 42.5 Å². The summed E-state index contributed by atoms with van der Waals surface area (Å²) in [6, 6.07) is 13.2. The largest absolute Gasteiger partial charge is 0.488 e. The highest BCUT2D eigenvalue weighted by atomic mass is 35.5. The van der Waals surface area contributed by atoms with E-state index < -0.39 is 0 Å². The van der Waals surface area contributed by atoms with Gasteiger partial charge in [0.05, 0.1) is 5.02 Å². The second-order valence-corrected chi connectivity index (χ2v) is 7.06. The summed E-state index contributed by atoms with van der Waals surface area (Å²) in [7, 11) is 0. The number of halogens is 2. The van der Waals surface area contributed by atoms with Gasteiger partial charge < -0.3 is 10.1 Å². The molecule has 1 heterocycles. The van der Waals surface area contributed by atoms with Crippen molar-refractivity contribution in [1.82, 2.24) is 10.2 Å². The Morgan fingerprint density at radius 2 is 2.08 bits per heavy atom. The second kappa shape index (κ2) is 9.36. The molecule has 1 aliphatic rings. The van der Waals surface area contributed by atoms with Crippen LogP contribution in [0.3, 0.4) is 0 Å². The van der Waals surface area contributed by atoms with Crippen LogP contribution in [0.5, 0.6) is 5.75 Å². The molecule has 0 amide bonds. The van der Waals surface area contributed by atoms with Crippen LogP contribution in [-0.2, 0) is 13.2 Å². The Morgan fingerprint density at radius 1 is 1.23 bits per heavy atom. The van der Waals surface area contributed by atoms with Crippen molar-refractivity contribution in [3.05, 3.63) is 64.4 Å². The maximum atomic E-state index is 13.9. The molecule has 1 unspecified atom stereocenters. The highest BCUT2D eigenvalue weighted by molar-refractivity contribution is 6.31. The first kappa shape index (κ1) is 19.2. The minimum absolute atomic E-state index is 0.120. The van der Waals surface area contributed by atoms with E-state index >= 15 is 0 Å². The predicted molar refractivity (Wildman–Crippen MR) is 104 cm³/mol. The Labute approximate surface area is 160 Å². The summed E-state index contributed by atoms with van der Waals surface area (Å²) in [6.45, 7) is 6.35. The Morgan fingerprint density at radius 3 is 2.88 bits per heavy atom. The number of ether oxygens (including phenoxy) is 1. The van der Waals surface area contributed by atoms with Gasteiger partial charge in [-0.1, -0.05) is 42.8 Å². The number of likely N-dealkylation sites (tertiary alicyclic amines) is 1. The van der Waals surface area contributed by atoms with Gasteiger partial charge in [0.1, 0.15) is 18.2 Å². The fraction of sp³-hybridized carbons (Fsp3) is 0.429. The van der Waals surface area contributed by atoms with Gasteiger partial charge in [-0.15, -0.1) is 0 Å². The zero-order valence-electron chi connectivity index (χ0n) is 15.2. The van der Waals surface area contributed by atoms with Crippen molar-refractivity contribution in [1.29, 1.82) is 0 Å². The fourth-order valence-electron chi connectivity index (χ4n) is 3.53. The van der Waals surface area contributed by atoms with Crippen molar-refractivity contribution >= 4 is 11.6 Å². The third-order valence-electron chi connectivity index (χ3n) is 5.01. The zero-order valence-corrected chi connectivity index (χ0v) is 15.9. The van der Waals surface area contributed by atoms with Gasteiger partial charge in [-0.3, -0.25) is 4.90 Å². The molecule has 0 aromatic heterocycles. The number of hydrogen-bond acceptors (Lipinski definition) is 3. The molecule has 1 N–H and O–H groups in total. The molecule has 0 saturated carbocycles. The van der Waals surface area contributed by atoms with Crippen molar-refractivity contribution in [3.63, 3.8) is 0 Å². The maximum Gasteiger partial charge on any atom is 0.131 e. The van der Waals surface area contributed by atoms with Crippen molar-refractivity contribution in [2.75, 3.05) is 19.6 Å². The number of benzene rings is 2. The summed E-state index contributed by atoms with van der Waals surface area (Å²) in [6.07, 6.45) is 2.54. The van der Waals surface area contributed by atoms with E-state index in [0.29, 0.717) is 16.6 Å². The van der Waals surface area contributed by atoms with E-state index in [1.807, 2.05) is 24.3 Å². The Balaban J connectivity index is 1.58. The minimum Gasteiger partial charge on any atom is -0.488 e. The highest BCUT2D eigenvalue weighted by Crippen LogP contribution is 2.24. The first-order chi connectivity index (χ1) is 12.7. The number of para-hydroxylation sites is 1. The molecule has 2 aromatic rings. The molecule has 0 radical (unpaired) electrons. The molecule has 0 aliphatic carbocycles. The number of nitrogens with one attached hydrogen (secondary N) is 1. The molecule has 140 valence electrons. The van der Waals surface area contributed by atoms with Gasteiger partial charge >= 0.3 is 0 Å². The summed E-state index contributed by atoms with van der Waals surface area (Å²) in [4.78, 5) is 2.52. The van der Waals surface area contributed by atoms with E-state index in [0.717, 1.165) is 30.9 Å². The van der Waals surface area contributed by atoms with Crippen LogP contribution in [0.2, 0.25) is 5.02 Å². The van der Waals surface area contributed by atoms with Crippen molar-refractivity contribution in [2.24, 2.45) is 0 Å². The van der Waals surface area contributed by atoms with Gasteiger partial charge in [-0.25, -0.2) is 4.39 Å². The van der Waals surface area contributed by atoms with Gasteiger partial charge in [-0.2, -0.15) is 0 Å². The van der Waals surface area contributed by atoms with Crippen LogP contribution in [0.1, 0.15) is 30.9 Å². The Hall–Kier alpha value is -1.62. The van der Waals surface area contributed by atoms with Crippen LogP contribution in [0, 0.1) is 5.82 Å². The lowest BCUT2D eigenvalue weighted by atomic mass is 10.1. The molecule has 1 fully saturated rings. The Bertz CT molecular complexity index is 705. The van der Waals surface area contributed by atoms with Crippen molar-refractivity contribution in [3.8, 4) is 5.75 Å². The van der Waals surface area contributed by atoms with E-state index in [1.165, 1.54) is 25.5 Å². The Kier molecular flexibility index (Phi) is 6.89. The number of hydrogen-bond donors (Lipinski definition) is 1. The van der Waals surface area contributed by atoms with E-state index in [9.17, 15) is 4.39 Å². The van der Waals surface area contributed by atoms with Gasteiger partial charge in [0, 0.05) is 30.3 Å². The van der Waals surface area contributed by atoms with E-state index in [4.69, 9.17) is 16.3 Å². The molecular weight excluding hydrogens is 351 g/mol. The van der Waals surface area contributed by atoms with Crippen LogP contribution >= 0.6 is 11.6 Å². The van der Waals surface area contributed by atoms with Crippen LogP contribution in [-0.4, -0.2) is 30.6 Å². The van der Waals surface area contributed by atoms with Gasteiger partial charge in [0.25, 0.3) is 0 Å². The SMILES string of the molecule is CCN1CCCC1CNCc1ccccc1OCc1c(F)cccc1Cl. The zero-order chi connectivity index (χ0) is 18.4. The lowest BCUT2D eigenvalue weighted by Gasteiger charge is -2.23. The topological polar surface area (TPSA) is 24.5 Å². The molecule has 2 aromatic carbocycles. The molecule has 3 nitrogen and oxygen atoms in total. The standard InChI is InChI=1S/C21H26ClFN2O/c1-2-25-12-6-8-17(25)14-24-13-16-7-3-4-11-21(16)26-15-18-19(22)9-5-10-20(18)23/h3-5,7,9-11,17,24H,2,6,8,12-15H2,1H3. The van der Waals surface area contributed by atoms with E-state index in [2.05, 4.69) is 17.1 Å². The molecular formula is C21H26ClFN2O. The predicted octanol–water partition coefficient (Wildman–Crippen LogP) is 4.63. The molecule has 1 aliphatic heterocycles. The summed E-state index contributed by atoms with van der Waals surface area (Å²) in [5.41, 5.74) is 1.46. The average molecular weight is 377 g/mol. The van der Waals surface area contributed by atoms with Crippen LogP contribution in [0.25, 0.3) is 0 Å². The molecule has 0 bridgehead atoms. The summed E-state index contributed by atoms with van der Waals surface area (Å²) >= 11 is 6.08. The highest BCUT2D eigenvalue weighted by Gasteiger charge is 2.22. The second-order valence-electron chi connectivity index (χ2n) is 6.65. The molecule has 3 rings (SSSR count). The van der Waals surface area contributed by atoms with Crippen LogP contribution < -0.4 is 10.1 Å². The smallest absolute Gasteiger partial charge is 0.131 e. The molecule has 26 heavy (non-hydrogen) atoms. The first-order valence-electron chi connectivity index (χ1n) is 9.27. The molecule has 1 atom stereocenters. The van der Waals surface area contributed by atoms with Crippen LogP contribution in [0.4, 0.5) is 4.39 Å². The van der Waals surface area contributed by atoms with Gasteiger partial charge in [0.15, 0.2) is 0 Å². The third kappa shape index (κ3) is 4.76. The fourth-order valence-corrected chi connectivity index (χ4v) is 3.74. The van der Waals surface area contributed by atoms with E-state index in [1.54, 1.807) is 12.1 Å². The van der Waals surface area contributed by atoms with Crippen molar-refractivity contribution in [2.45, 2.75) is 39.0 Å². The molecule has 1 saturated heterocycles. The minimum atomic E-state index is -0.339. The number of likely N-dealkylation sites (N-methyl/N-ethyl adjacent to an activating group) is 1. The quantitative estimate of drug-likeness (QED) is 0.726. The lowest BCUT2D eigenvalue weighted by molar-refractivity contribution is 0.258. The average Bonchev–Trinajstić information content (AvgIpc) is 3.10. The normalized spacial score (nSPS) is 17.6. The number of rotatable bonds is 8. The van der Waals surface area contributed by atoms with Gasteiger partial charge in [0.2, 0.25) is 0 Å². The van der Waals surface area contributed by atoms with Crippen molar-refractivity contribution < 1.29 is 9.13 Å². The third-order valence-corrected chi connectivity index (χ3v) is 5.36. The van der Waals surface area contributed by atoms with Gasteiger partial charge in [-0.05, 0) is 44.1 Å².